The van der Waals surface area contributed by atoms with Crippen molar-refractivity contribution in [3.05, 3.63) is 0 Å². The van der Waals surface area contributed by atoms with E-state index in [0.29, 0.717) is 12.5 Å². The van der Waals surface area contributed by atoms with Crippen LogP contribution in [0.4, 0.5) is 4.79 Å². The number of carboxylic acids is 1. The van der Waals surface area contributed by atoms with E-state index < -0.39 is 12.0 Å². The summed E-state index contributed by atoms with van der Waals surface area (Å²) in [6.45, 7) is 8.67. The van der Waals surface area contributed by atoms with Gasteiger partial charge in [-0.3, -0.25) is 0 Å². The Morgan fingerprint density at radius 1 is 1.37 bits per heavy atom. The Morgan fingerprint density at radius 3 is 2.42 bits per heavy atom. The van der Waals surface area contributed by atoms with Gasteiger partial charge in [-0.25, -0.2) is 9.59 Å². The van der Waals surface area contributed by atoms with Crippen molar-refractivity contribution in [3.63, 3.8) is 0 Å². The Kier molecular flexibility index (Phi) is 5.20. The van der Waals surface area contributed by atoms with E-state index in [0.717, 1.165) is 12.8 Å². The number of hydrogen-bond acceptors (Lipinski definition) is 2. The van der Waals surface area contributed by atoms with Crippen LogP contribution in [0.15, 0.2) is 0 Å². The maximum Gasteiger partial charge on any atom is 0.326 e. The zero-order chi connectivity index (χ0) is 14.7. The van der Waals surface area contributed by atoms with Crippen LogP contribution in [0, 0.1) is 11.8 Å². The third kappa shape index (κ3) is 3.61. The number of nitrogens with zero attached hydrogens (tertiary/aromatic N) is 2. The molecule has 1 N–H and O–H groups in total. The minimum absolute atomic E-state index is 0.0234. The van der Waals surface area contributed by atoms with Crippen molar-refractivity contribution >= 4 is 12.0 Å². The molecule has 110 valence electrons. The van der Waals surface area contributed by atoms with Gasteiger partial charge in [0.2, 0.25) is 0 Å². The van der Waals surface area contributed by atoms with Crippen molar-refractivity contribution in [3.8, 4) is 0 Å². The monoisotopic (exact) mass is 270 g/mol. The molecule has 0 radical (unpaired) electrons. The first-order valence-corrected chi connectivity index (χ1v) is 7.02. The van der Waals surface area contributed by atoms with Gasteiger partial charge in [-0.15, -0.1) is 0 Å². The van der Waals surface area contributed by atoms with Crippen molar-refractivity contribution in [1.82, 2.24) is 9.80 Å². The van der Waals surface area contributed by atoms with Gasteiger partial charge in [0.1, 0.15) is 6.04 Å². The molecule has 1 saturated heterocycles. The number of rotatable bonds is 4. The molecule has 1 aliphatic rings. The maximum atomic E-state index is 12.4. The van der Waals surface area contributed by atoms with Gasteiger partial charge in [0.25, 0.3) is 0 Å². The van der Waals surface area contributed by atoms with Gasteiger partial charge in [0.15, 0.2) is 0 Å². The van der Waals surface area contributed by atoms with Crippen LogP contribution in [-0.4, -0.2) is 52.6 Å². The number of likely N-dealkylation sites (tertiary alicyclic amines) is 1. The largest absolute Gasteiger partial charge is 0.480 e. The Morgan fingerprint density at radius 2 is 1.95 bits per heavy atom. The van der Waals surface area contributed by atoms with Crippen LogP contribution in [-0.2, 0) is 4.79 Å². The Bertz CT molecular complexity index is 344. The van der Waals surface area contributed by atoms with E-state index in [2.05, 4.69) is 13.8 Å². The van der Waals surface area contributed by atoms with Crippen LogP contribution < -0.4 is 0 Å². The molecule has 0 aliphatic carbocycles. The lowest BCUT2D eigenvalue weighted by Crippen LogP contribution is -2.50. The zero-order valence-corrected chi connectivity index (χ0v) is 12.6. The minimum atomic E-state index is -0.900. The SMILES string of the molecule is CC(C)CC(C)N(C)C(=O)N1CCC(C)C1C(=O)O. The molecule has 0 bridgehead atoms. The number of carboxylic acid groups (broad SMARTS) is 1. The lowest BCUT2D eigenvalue weighted by molar-refractivity contribution is -0.142. The van der Waals surface area contributed by atoms with Crippen LogP contribution in [0.1, 0.15) is 40.5 Å². The molecule has 0 aromatic heterocycles. The van der Waals surface area contributed by atoms with E-state index in [1.807, 2.05) is 13.8 Å². The number of carbonyl (C=O) groups is 2. The van der Waals surface area contributed by atoms with Crippen LogP contribution >= 0.6 is 0 Å². The first kappa shape index (κ1) is 15.8. The fourth-order valence-electron chi connectivity index (χ4n) is 2.77. The lowest BCUT2D eigenvalue weighted by atomic mass is 10.0. The summed E-state index contributed by atoms with van der Waals surface area (Å²) in [5.74, 6) is -0.364. The molecule has 1 rings (SSSR count). The minimum Gasteiger partial charge on any atom is -0.480 e. The molecule has 3 atom stereocenters. The lowest BCUT2D eigenvalue weighted by Gasteiger charge is -2.33. The van der Waals surface area contributed by atoms with Crippen molar-refractivity contribution in [2.75, 3.05) is 13.6 Å². The predicted molar refractivity (Wildman–Crippen MR) is 74.0 cm³/mol. The van der Waals surface area contributed by atoms with Crippen LogP contribution in [0.3, 0.4) is 0 Å². The summed E-state index contributed by atoms with van der Waals surface area (Å²) in [6.07, 6.45) is 1.68. The second-order valence-corrected chi connectivity index (χ2v) is 6.11. The molecular weight excluding hydrogens is 244 g/mol. The molecule has 0 spiro atoms. The van der Waals surface area contributed by atoms with Gasteiger partial charge < -0.3 is 14.9 Å². The van der Waals surface area contributed by atoms with E-state index in [4.69, 9.17) is 0 Å². The molecule has 5 heteroatoms. The van der Waals surface area contributed by atoms with Crippen molar-refractivity contribution < 1.29 is 14.7 Å². The average molecular weight is 270 g/mol. The summed E-state index contributed by atoms with van der Waals surface area (Å²) in [5.41, 5.74) is 0. The second-order valence-electron chi connectivity index (χ2n) is 6.11. The van der Waals surface area contributed by atoms with Crippen molar-refractivity contribution in [1.29, 1.82) is 0 Å². The molecule has 5 nitrogen and oxygen atoms in total. The smallest absolute Gasteiger partial charge is 0.326 e. The molecule has 1 heterocycles. The van der Waals surface area contributed by atoms with Gasteiger partial charge in [0, 0.05) is 19.6 Å². The quantitative estimate of drug-likeness (QED) is 0.852. The average Bonchev–Trinajstić information content (AvgIpc) is 2.68. The first-order valence-electron chi connectivity index (χ1n) is 7.02. The molecular formula is C14H26N2O3. The maximum absolute atomic E-state index is 12.4. The van der Waals surface area contributed by atoms with Crippen LogP contribution in [0.25, 0.3) is 0 Å². The summed E-state index contributed by atoms with van der Waals surface area (Å²) in [5, 5.41) is 9.26. The number of hydrogen-bond donors (Lipinski definition) is 1. The highest BCUT2D eigenvalue weighted by atomic mass is 16.4. The summed E-state index contributed by atoms with van der Waals surface area (Å²) < 4.78 is 0. The van der Waals surface area contributed by atoms with Crippen LogP contribution in [0.5, 0.6) is 0 Å². The molecule has 19 heavy (non-hydrogen) atoms. The fourth-order valence-corrected chi connectivity index (χ4v) is 2.77. The topological polar surface area (TPSA) is 60.9 Å². The molecule has 0 aromatic rings. The highest BCUT2D eigenvalue weighted by molar-refractivity contribution is 5.83. The van der Waals surface area contributed by atoms with E-state index in [-0.39, 0.29) is 18.0 Å². The number of urea groups is 1. The standard InChI is InChI=1S/C14H26N2O3/c1-9(2)8-11(4)15(5)14(19)16-7-6-10(3)12(16)13(17)18/h9-12H,6-8H2,1-5H3,(H,17,18). The number of aliphatic carboxylic acids is 1. The van der Waals surface area contributed by atoms with E-state index in [9.17, 15) is 14.7 Å². The van der Waals surface area contributed by atoms with E-state index in [1.165, 1.54) is 4.90 Å². The molecule has 0 saturated carbocycles. The highest BCUT2D eigenvalue weighted by Gasteiger charge is 2.41. The summed E-state index contributed by atoms with van der Waals surface area (Å²) in [4.78, 5) is 26.9. The molecule has 1 aliphatic heterocycles. The van der Waals surface area contributed by atoms with Gasteiger partial charge in [-0.2, -0.15) is 0 Å². The summed E-state index contributed by atoms with van der Waals surface area (Å²) >= 11 is 0. The highest BCUT2D eigenvalue weighted by Crippen LogP contribution is 2.26. The van der Waals surface area contributed by atoms with Gasteiger partial charge in [0.05, 0.1) is 0 Å². The summed E-state index contributed by atoms with van der Waals surface area (Å²) in [7, 11) is 1.76. The molecule has 0 aromatic carbocycles. The van der Waals surface area contributed by atoms with E-state index in [1.54, 1.807) is 11.9 Å². The Balaban J connectivity index is 2.73. The number of carbonyl (C=O) groups excluding carboxylic acids is 1. The third-order valence-corrected chi connectivity index (χ3v) is 3.97. The molecule has 1 fully saturated rings. The molecule has 3 unspecified atom stereocenters. The normalized spacial score (nSPS) is 24.6. The predicted octanol–water partition coefficient (Wildman–Crippen LogP) is 2.27. The van der Waals surface area contributed by atoms with Crippen molar-refractivity contribution in [2.45, 2.75) is 52.6 Å². The first-order chi connectivity index (χ1) is 8.75. The fraction of sp³-hybridized carbons (Fsp3) is 0.857. The Labute approximate surface area is 115 Å². The van der Waals surface area contributed by atoms with Crippen LogP contribution in [0.2, 0.25) is 0 Å². The summed E-state index contributed by atoms with van der Waals surface area (Å²) in [6, 6.07) is -0.719. The third-order valence-electron chi connectivity index (χ3n) is 3.97. The number of amides is 2. The van der Waals surface area contributed by atoms with Gasteiger partial charge in [-0.1, -0.05) is 20.8 Å². The second kappa shape index (κ2) is 6.26. The molecule has 2 amide bonds. The zero-order valence-electron chi connectivity index (χ0n) is 12.6. The van der Waals surface area contributed by atoms with Gasteiger partial charge in [-0.05, 0) is 31.6 Å². The van der Waals surface area contributed by atoms with E-state index >= 15 is 0 Å². The van der Waals surface area contributed by atoms with Crippen molar-refractivity contribution in [2.24, 2.45) is 11.8 Å². The Hall–Kier alpha value is -1.26. The van der Waals surface area contributed by atoms with Gasteiger partial charge >= 0.3 is 12.0 Å².